The van der Waals surface area contributed by atoms with Gasteiger partial charge in [0, 0.05) is 0 Å². The summed E-state index contributed by atoms with van der Waals surface area (Å²) in [5.74, 6) is -0.0298. The zero-order valence-electron chi connectivity index (χ0n) is 8.56. The number of carbonyl (C=O) groups is 1. The fourth-order valence-electron chi connectivity index (χ4n) is 1.98. The summed E-state index contributed by atoms with van der Waals surface area (Å²) in [5.41, 5.74) is 0.832. The van der Waals surface area contributed by atoms with Gasteiger partial charge in [-0.15, -0.1) is 0 Å². The molecule has 1 fully saturated rings. The Balaban J connectivity index is 2.11. The summed E-state index contributed by atoms with van der Waals surface area (Å²) in [7, 11) is 0. The number of piperidine rings is 1. The molecule has 0 amide bonds. The molecular formula is C10H14N2O3. The second kappa shape index (κ2) is 4.02. The summed E-state index contributed by atoms with van der Waals surface area (Å²) in [6.07, 6.45) is 3.88. The second-order valence-corrected chi connectivity index (χ2v) is 3.84. The predicted octanol–water partition coefficient (Wildman–Crippen LogP) is 1.25. The van der Waals surface area contributed by atoms with Crippen LogP contribution in [0.25, 0.3) is 0 Å². The van der Waals surface area contributed by atoms with E-state index in [0.717, 1.165) is 24.3 Å². The molecule has 15 heavy (non-hydrogen) atoms. The van der Waals surface area contributed by atoms with Crippen LogP contribution in [-0.4, -0.2) is 22.1 Å². The number of hydrogen-bond acceptors (Lipinski definition) is 4. The van der Waals surface area contributed by atoms with E-state index >= 15 is 0 Å². The molecule has 82 valence electrons. The summed E-state index contributed by atoms with van der Waals surface area (Å²) in [6, 6.07) is -0.476. The first-order valence-electron chi connectivity index (χ1n) is 5.07. The lowest BCUT2D eigenvalue weighted by atomic mass is 9.96. The van der Waals surface area contributed by atoms with Crippen LogP contribution in [0.4, 0.5) is 0 Å². The van der Waals surface area contributed by atoms with Crippen LogP contribution in [0.5, 0.6) is 0 Å². The molecule has 1 aromatic rings. The smallest absolute Gasteiger partial charge is 0.320 e. The van der Waals surface area contributed by atoms with Crippen molar-refractivity contribution < 1.29 is 14.3 Å². The third-order valence-electron chi connectivity index (χ3n) is 2.79. The van der Waals surface area contributed by atoms with Gasteiger partial charge < -0.3 is 9.52 Å². The highest BCUT2D eigenvalue weighted by molar-refractivity contribution is 5.73. The highest BCUT2D eigenvalue weighted by Gasteiger charge is 2.29. The number of nitrogens with zero attached hydrogens (tertiary/aromatic N) is 1. The van der Waals surface area contributed by atoms with Gasteiger partial charge in [-0.25, -0.2) is 4.98 Å². The summed E-state index contributed by atoms with van der Waals surface area (Å²) in [4.78, 5) is 14.9. The predicted molar refractivity (Wildman–Crippen MR) is 52.4 cm³/mol. The quantitative estimate of drug-likeness (QED) is 0.768. The molecule has 5 nitrogen and oxygen atoms in total. The standard InChI is InChI=1S/C10H14N2O3/c1-6-9(15-5-11-6)7-3-2-4-8(12-7)10(13)14/h5,7-8,12H,2-4H2,1H3,(H,13,14). The number of aliphatic carboxylic acids is 1. The van der Waals surface area contributed by atoms with E-state index < -0.39 is 12.0 Å². The maximum atomic E-state index is 10.8. The minimum atomic E-state index is -0.795. The molecule has 2 unspecified atom stereocenters. The number of nitrogens with one attached hydrogen (secondary N) is 1. The molecule has 0 radical (unpaired) electrons. The molecule has 0 aromatic carbocycles. The number of oxazole rings is 1. The maximum absolute atomic E-state index is 10.8. The second-order valence-electron chi connectivity index (χ2n) is 3.84. The molecule has 1 aliphatic rings. The first-order chi connectivity index (χ1) is 7.18. The van der Waals surface area contributed by atoms with Crippen LogP contribution in [-0.2, 0) is 4.79 Å². The van der Waals surface area contributed by atoms with Crippen molar-refractivity contribution in [2.75, 3.05) is 0 Å². The van der Waals surface area contributed by atoms with Gasteiger partial charge in [0.25, 0.3) is 0 Å². The third kappa shape index (κ3) is 2.02. The Labute approximate surface area is 87.5 Å². The van der Waals surface area contributed by atoms with Crippen molar-refractivity contribution in [2.45, 2.75) is 38.3 Å². The lowest BCUT2D eigenvalue weighted by molar-refractivity contribution is -0.140. The zero-order valence-corrected chi connectivity index (χ0v) is 8.56. The van der Waals surface area contributed by atoms with E-state index in [1.165, 1.54) is 6.39 Å². The van der Waals surface area contributed by atoms with Crippen molar-refractivity contribution >= 4 is 5.97 Å². The number of carboxylic acids is 1. The normalized spacial score (nSPS) is 26.5. The lowest BCUT2D eigenvalue weighted by Crippen LogP contribution is -2.42. The number of rotatable bonds is 2. The molecule has 5 heteroatoms. The van der Waals surface area contributed by atoms with Crippen molar-refractivity contribution in [3.63, 3.8) is 0 Å². The van der Waals surface area contributed by atoms with E-state index in [-0.39, 0.29) is 6.04 Å². The van der Waals surface area contributed by atoms with Gasteiger partial charge in [-0.05, 0) is 26.2 Å². The van der Waals surface area contributed by atoms with Crippen LogP contribution in [0.15, 0.2) is 10.8 Å². The Morgan fingerprint density at radius 1 is 1.67 bits per heavy atom. The van der Waals surface area contributed by atoms with E-state index in [4.69, 9.17) is 9.52 Å². The zero-order chi connectivity index (χ0) is 10.8. The molecule has 1 aliphatic heterocycles. The van der Waals surface area contributed by atoms with Crippen molar-refractivity contribution in [3.8, 4) is 0 Å². The van der Waals surface area contributed by atoms with Gasteiger partial charge in [0.2, 0.25) is 0 Å². The van der Waals surface area contributed by atoms with Gasteiger partial charge in [-0.1, -0.05) is 0 Å². The van der Waals surface area contributed by atoms with Gasteiger partial charge in [-0.3, -0.25) is 10.1 Å². The fraction of sp³-hybridized carbons (Fsp3) is 0.600. The average molecular weight is 210 g/mol. The SMILES string of the molecule is Cc1ncoc1C1CCCC(C(=O)O)N1. The minimum absolute atomic E-state index is 0.0117. The molecule has 2 rings (SSSR count). The van der Waals surface area contributed by atoms with Crippen LogP contribution in [0.2, 0.25) is 0 Å². The van der Waals surface area contributed by atoms with E-state index in [2.05, 4.69) is 10.3 Å². The Morgan fingerprint density at radius 3 is 3.07 bits per heavy atom. The molecule has 0 aliphatic carbocycles. The molecule has 0 spiro atoms. The molecule has 2 atom stereocenters. The Bertz CT molecular complexity index is 361. The van der Waals surface area contributed by atoms with Crippen molar-refractivity contribution in [1.29, 1.82) is 0 Å². The van der Waals surface area contributed by atoms with Gasteiger partial charge in [0.1, 0.15) is 11.8 Å². The highest BCUT2D eigenvalue weighted by atomic mass is 16.4. The Hall–Kier alpha value is -1.36. The van der Waals surface area contributed by atoms with E-state index in [1.807, 2.05) is 6.92 Å². The highest BCUT2D eigenvalue weighted by Crippen LogP contribution is 2.27. The molecule has 0 saturated carbocycles. The van der Waals surface area contributed by atoms with Gasteiger partial charge in [0.05, 0.1) is 11.7 Å². The van der Waals surface area contributed by atoms with Crippen LogP contribution in [0.1, 0.15) is 36.8 Å². The van der Waals surface area contributed by atoms with Crippen LogP contribution in [0.3, 0.4) is 0 Å². The first-order valence-corrected chi connectivity index (χ1v) is 5.07. The first kappa shape index (κ1) is 10.2. The molecule has 1 aromatic heterocycles. The Kier molecular flexibility index (Phi) is 2.73. The Morgan fingerprint density at radius 2 is 2.47 bits per heavy atom. The van der Waals surface area contributed by atoms with Gasteiger partial charge in [0.15, 0.2) is 6.39 Å². The maximum Gasteiger partial charge on any atom is 0.320 e. The van der Waals surface area contributed by atoms with Crippen LogP contribution in [0, 0.1) is 6.92 Å². The fourth-order valence-corrected chi connectivity index (χ4v) is 1.98. The van der Waals surface area contributed by atoms with E-state index in [9.17, 15) is 4.79 Å². The topological polar surface area (TPSA) is 75.4 Å². The molecular weight excluding hydrogens is 196 g/mol. The number of aryl methyl sites for hydroxylation is 1. The monoisotopic (exact) mass is 210 g/mol. The van der Waals surface area contributed by atoms with Crippen LogP contribution < -0.4 is 5.32 Å². The van der Waals surface area contributed by atoms with Crippen molar-refractivity contribution in [1.82, 2.24) is 10.3 Å². The third-order valence-corrected chi connectivity index (χ3v) is 2.79. The summed E-state index contributed by atoms with van der Waals surface area (Å²) < 4.78 is 5.27. The van der Waals surface area contributed by atoms with Gasteiger partial charge in [-0.2, -0.15) is 0 Å². The molecule has 0 bridgehead atoms. The largest absolute Gasteiger partial charge is 0.480 e. The summed E-state index contributed by atoms with van der Waals surface area (Å²) in [5, 5.41) is 12.0. The van der Waals surface area contributed by atoms with Gasteiger partial charge >= 0.3 is 5.97 Å². The van der Waals surface area contributed by atoms with Crippen LogP contribution >= 0.6 is 0 Å². The lowest BCUT2D eigenvalue weighted by Gasteiger charge is -2.27. The number of aromatic nitrogens is 1. The van der Waals surface area contributed by atoms with E-state index in [0.29, 0.717) is 6.42 Å². The molecule has 1 saturated heterocycles. The summed E-state index contributed by atoms with van der Waals surface area (Å²) in [6.45, 7) is 1.87. The number of hydrogen-bond donors (Lipinski definition) is 2. The number of carboxylic acid groups (broad SMARTS) is 1. The minimum Gasteiger partial charge on any atom is -0.480 e. The van der Waals surface area contributed by atoms with E-state index in [1.54, 1.807) is 0 Å². The average Bonchev–Trinajstić information content (AvgIpc) is 2.64. The summed E-state index contributed by atoms with van der Waals surface area (Å²) >= 11 is 0. The molecule has 2 N–H and O–H groups in total. The van der Waals surface area contributed by atoms with Crippen molar-refractivity contribution in [3.05, 3.63) is 17.8 Å². The molecule has 2 heterocycles. The van der Waals surface area contributed by atoms with Crippen molar-refractivity contribution in [2.24, 2.45) is 0 Å².